The molecule has 1 atom stereocenters. The second-order valence-corrected chi connectivity index (χ2v) is 6.92. The number of hydrogen-bond acceptors (Lipinski definition) is 5. The minimum absolute atomic E-state index is 0.00251. The third-order valence-electron chi connectivity index (χ3n) is 4.86. The van der Waals surface area contributed by atoms with Crippen LogP contribution in [0.3, 0.4) is 0 Å². The third-order valence-corrected chi connectivity index (χ3v) is 4.86. The highest BCUT2D eigenvalue weighted by atomic mass is 16.5. The molecule has 30 heavy (non-hydrogen) atoms. The lowest BCUT2D eigenvalue weighted by molar-refractivity contribution is -0.158. The van der Waals surface area contributed by atoms with Gasteiger partial charge in [0.05, 0.1) is 0 Å². The lowest BCUT2D eigenvalue weighted by atomic mass is 9.92. The number of carbonyl (C=O) groups is 2. The molecule has 0 heterocycles. The second-order valence-electron chi connectivity index (χ2n) is 6.92. The highest BCUT2D eigenvalue weighted by Crippen LogP contribution is 2.28. The van der Waals surface area contributed by atoms with Crippen LogP contribution in [0.25, 0.3) is 0 Å². The third kappa shape index (κ3) is 5.17. The molecule has 3 N–H and O–H groups in total. The van der Waals surface area contributed by atoms with Crippen LogP contribution in [0, 0.1) is 5.92 Å². The fourth-order valence-electron chi connectivity index (χ4n) is 3.22. The van der Waals surface area contributed by atoms with E-state index in [0.29, 0.717) is 5.56 Å². The van der Waals surface area contributed by atoms with Gasteiger partial charge in [-0.2, -0.15) is 0 Å². The van der Waals surface area contributed by atoms with Gasteiger partial charge in [-0.1, -0.05) is 66.7 Å². The molecule has 0 spiro atoms. The Morgan fingerprint density at radius 1 is 0.800 bits per heavy atom. The highest BCUT2D eigenvalue weighted by Gasteiger charge is 2.29. The normalized spacial score (nSPS) is 11.8. The topological polar surface area (TPSA) is 104 Å². The van der Waals surface area contributed by atoms with E-state index in [1.54, 1.807) is 0 Å². The average Bonchev–Trinajstić information content (AvgIpc) is 2.75. The number of rotatable bonds is 8. The Balaban J connectivity index is 1.75. The molecule has 3 aromatic carbocycles. The van der Waals surface area contributed by atoms with Crippen LogP contribution >= 0.6 is 0 Å². The second kappa shape index (κ2) is 9.60. The van der Waals surface area contributed by atoms with Crippen LogP contribution in [-0.4, -0.2) is 33.9 Å². The first-order chi connectivity index (χ1) is 14.5. The fourth-order valence-corrected chi connectivity index (χ4v) is 3.22. The average molecular weight is 406 g/mol. The summed E-state index contributed by atoms with van der Waals surface area (Å²) in [6, 6.07) is 23.0. The number of ether oxygens (including phenoxy) is 1. The van der Waals surface area contributed by atoms with Crippen molar-refractivity contribution in [2.75, 3.05) is 6.61 Å². The molecule has 154 valence electrons. The van der Waals surface area contributed by atoms with Crippen molar-refractivity contribution in [3.8, 4) is 11.5 Å². The lowest BCUT2D eigenvalue weighted by Gasteiger charge is -2.20. The number of aromatic hydroxyl groups is 2. The van der Waals surface area contributed by atoms with E-state index in [4.69, 9.17) is 4.74 Å². The van der Waals surface area contributed by atoms with Crippen molar-refractivity contribution in [1.29, 1.82) is 0 Å². The van der Waals surface area contributed by atoms with Crippen molar-refractivity contribution in [3.63, 3.8) is 0 Å². The lowest BCUT2D eigenvalue weighted by Crippen LogP contribution is -2.29. The predicted octanol–water partition coefficient (Wildman–Crippen LogP) is 3.72. The minimum Gasteiger partial charge on any atom is -0.504 e. The Morgan fingerprint density at radius 3 is 1.87 bits per heavy atom. The summed E-state index contributed by atoms with van der Waals surface area (Å²) in [4.78, 5) is 24.3. The van der Waals surface area contributed by atoms with E-state index in [2.05, 4.69) is 0 Å². The van der Waals surface area contributed by atoms with Gasteiger partial charge >= 0.3 is 11.9 Å². The van der Waals surface area contributed by atoms with E-state index in [1.165, 1.54) is 18.2 Å². The summed E-state index contributed by atoms with van der Waals surface area (Å²) in [5.41, 5.74) is 2.30. The van der Waals surface area contributed by atoms with Crippen molar-refractivity contribution >= 4 is 11.9 Å². The molecule has 0 aromatic heterocycles. The number of carbonyl (C=O) groups excluding carboxylic acids is 1. The largest absolute Gasteiger partial charge is 0.504 e. The number of carboxylic acids is 1. The van der Waals surface area contributed by atoms with Gasteiger partial charge in [-0.15, -0.1) is 0 Å². The highest BCUT2D eigenvalue weighted by molar-refractivity contribution is 5.94. The molecule has 0 amide bonds. The Labute approximate surface area is 174 Å². The number of esters is 1. The van der Waals surface area contributed by atoms with Gasteiger partial charge in [0, 0.05) is 5.92 Å². The zero-order valence-corrected chi connectivity index (χ0v) is 16.1. The van der Waals surface area contributed by atoms with Gasteiger partial charge < -0.3 is 20.1 Å². The van der Waals surface area contributed by atoms with E-state index in [1.807, 2.05) is 60.7 Å². The summed E-state index contributed by atoms with van der Waals surface area (Å²) in [5, 5.41) is 28.5. The van der Waals surface area contributed by atoms with Crippen LogP contribution < -0.4 is 0 Å². The number of aliphatic carboxylic acids is 1. The monoisotopic (exact) mass is 406 g/mol. The van der Waals surface area contributed by atoms with Gasteiger partial charge in [-0.3, -0.25) is 9.59 Å². The minimum atomic E-state index is -1.43. The molecular weight excluding hydrogens is 384 g/mol. The predicted molar refractivity (Wildman–Crippen MR) is 110 cm³/mol. The van der Waals surface area contributed by atoms with Crippen LogP contribution in [0.15, 0.2) is 78.9 Å². The van der Waals surface area contributed by atoms with E-state index in [-0.39, 0.29) is 30.4 Å². The molecule has 0 aliphatic heterocycles. The zero-order valence-electron chi connectivity index (χ0n) is 16.1. The summed E-state index contributed by atoms with van der Waals surface area (Å²) < 4.78 is 5.43. The summed E-state index contributed by atoms with van der Waals surface area (Å²) in [5.74, 6) is -4.53. The molecule has 0 saturated carbocycles. The molecule has 0 radical (unpaired) electrons. The molecule has 6 nitrogen and oxygen atoms in total. The number of hydrogen-bond donors (Lipinski definition) is 3. The van der Waals surface area contributed by atoms with Gasteiger partial charge in [0.1, 0.15) is 6.61 Å². The zero-order chi connectivity index (χ0) is 21.5. The van der Waals surface area contributed by atoms with E-state index >= 15 is 0 Å². The maximum atomic E-state index is 12.6. The number of benzene rings is 3. The molecular formula is C24H22O6. The number of carboxylic acid groups (broad SMARTS) is 1. The summed E-state index contributed by atoms with van der Waals surface area (Å²) >= 11 is 0. The first kappa shape index (κ1) is 20.9. The van der Waals surface area contributed by atoms with Crippen LogP contribution in [0.1, 0.15) is 22.6 Å². The molecule has 3 aromatic rings. The maximum Gasteiger partial charge on any atom is 0.320 e. The molecule has 0 aliphatic carbocycles. The van der Waals surface area contributed by atoms with Crippen molar-refractivity contribution in [2.24, 2.45) is 5.92 Å². The van der Waals surface area contributed by atoms with Crippen LogP contribution in [0.5, 0.6) is 11.5 Å². The van der Waals surface area contributed by atoms with Gasteiger partial charge in [0.15, 0.2) is 17.4 Å². The van der Waals surface area contributed by atoms with E-state index in [9.17, 15) is 24.9 Å². The van der Waals surface area contributed by atoms with Gasteiger partial charge in [-0.25, -0.2) is 0 Å². The SMILES string of the molecule is O=C(O)C(Cc1ccc(O)c(O)c1)C(=O)OCC(c1ccccc1)c1ccccc1. The first-order valence-electron chi connectivity index (χ1n) is 9.46. The fraction of sp³-hybridized carbons (Fsp3) is 0.167. The summed E-state index contributed by atoms with van der Waals surface area (Å²) in [7, 11) is 0. The summed E-state index contributed by atoms with van der Waals surface area (Å²) in [6.45, 7) is -0.00251. The molecule has 6 heteroatoms. The van der Waals surface area contributed by atoms with Crippen LogP contribution in [-0.2, 0) is 20.7 Å². The first-order valence-corrected chi connectivity index (χ1v) is 9.46. The van der Waals surface area contributed by atoms with Crippen molar-refractivity contribution in [1.82, 2.24) is 0 Å². The van der Waals surface area contributed by atoms with Gasteiger partial charge in [0.25, 0.3) is 0 Å². The molecule has 0 bridgehead atoms. The molecule has 1 unspecified atom stereocenters. The Bertz CT molecular complexity index is 961. The van der Waals surface area contributed by atoms with Crippen molar-refractivity contribution in [3.05, 3.63) is 95.6 Å². The Kier molecular flexibility index (Phi) is 6.70. The molecule has 0 saturated heterocycles. The van der Waals surface area contributed by atoms with E-state index < -0.39 is 17.9 Å². The molecule has 0 aliphatic rings. The van der Waals surface area contributed by atoms with Crippen molar-refractivity contribution < 1.29 is 29.6 Å². The Morgan fingerprint density at radius 2 is 1.37 bits per heavy atom. The summed E-state index contributed by atoms with van der Waals surface area (Å²) in [6.07, 6.45) is -0.163. The van der Waals surface area contributed by atoms with E-state index in [0.717, 1.165) is 11.1 Å². The smallest absolute Gasteiger partial charge is 0.320 e. The number of phenolic OH excluding ortho intramolecular Hbond substituents is 2. The van der Waals surface area contributed by atoms with Crippen molar-refractivity contribution in [2.45, 2.75) is 12.3 Å². The maximum absolute atomic E-state index is 12.6. The van der Waals surface area contributed by atoms with Gasteiger partial charge in [-0.05, 0) is 35.2 Å². The van der Waals surface area contributed by atoms with Gasteiger partial charge in [0.2, 0.25) is 0 Å². The van der Waals surface area contributed by atoms with Crippen LogP contribution in [0.2, 0.25) is 0 Å². The standard InChI is InChI=1S/C24H22O6/c25-21-12-11-16(14-22(21)26)13-19(23(27)28)24(29)30-15-20(17-7-3-1-4-8-17)18-9-5-2-6-10-18/h1-12,14,19-20,25-26H,13,15H2,(H,27,28). The quantitative estimate of drug-likeness (QED) is 0.299. The van der Waals surface area contributed by atoms with Crippen LogP contribution in [0.4, 0.5) is 0 Å². The molecule has 3 rings (SSSR count). The Hall–Kier alpha value is -3.80. The number of phenols is 2. The molecule has 0 fully saturated rings.